The molecule has 0 aliphatic carbocycles. The van der Waals surface area contributed by atoms with Crippen LogP contribution in [0.4, 0.5) is 10.5 Å². The van der Waals surface area contributed by atoms with E-state index in [-0.39, 0.29) is 24.3 Å². The van der Waals surface area contributed by atoms with E-state index in [2.05, 4.69) is 10.6 Å². The summed E-state index contributed by atoms with van der Waals surface area (Å²) in [6.45, 7) is 1.97. The number of amides is 4. The first-order valence-corrected chi connectivity index (χ1v) is 10.2. The lowest BCUT2D eigenvalue weighted by Crippen LogP contribution is -2.46. The zero-order valence-corrected chi connectivity index (χ0v) is 17.2. The zero-order valence-electron chi connectivity index (χ0n) is 16.4. The summed E-state index contributed by atoms with van der Waals surface area (Å²) in [6.07, 6.45) is 0.279. The van der Waals surface area contributed by atoms with Crippen LogP contribution in [0.5, 0.6) is 0 Å². The third kappa shape index (κ3) is 4.41. The lowest BCUT2D eigenvalue weighted by Gasteiger charge is -2.32. The van der Waals surface area contributed by atoms with Crippen molar-refractivity contribution in [2.24, 2.45) is 5.41 Å². The number of nitrogens with zero attached hydrogens (tertiary/aromatic N) is 2. The minimum absolute atomic E-state index is 0.0597. The summed E-state index contributed by atoms with van der Waals surface area (Å²) in [4.78, 5) is 41.5. The Morgan fingerprint density at radius 1 is 1.00 bits per heavy atom. The van der Waals surface area contributed by atoms with Gasteiger partial charge in [-0.15, -0.1) is 0 Å². The summed E-state index contributed by atoms with van der Waals surface area (Å²) in [6, 6.07) is 15.8. The maximum atomic E-state index is 13.1. The maximum Gasteiger partial charge on any atom is 0.321 e. The predicted octanol–water partition coefficient (Wildman–Crippen LogP) is 2.84. The average molecular weight is 427 g/mol. The summed E-state index contributed by atoms with van der Waals surface area (Å²) >= 11 is 6.05. The molecule has 1 atom stereocenters. The van der Waals surface area contributed by atoms with Crippen LogP contribution < -0.4 is 10.6 Å². The Morgan fingerprint density at radius 2 is 1.73 bits per heavy atom. The van der Waals surface area contributed by atoms with Crippen molar-refractivity contribution in [3.8, 4) is 0 Å². The van der Waals surface area contributed by atoms with Gasteiger partial charge in [-0.1, -0.05) is 35.9 Å². The first kappa shape index (κ1) is 20.2. The van der Waals surface area contributed by atoms with Crippen molar-refractivity contribution >= 4 is 35.1 Å². The zero-order chi connectivity index (χ0) is 21.1. The number of para-hydroxylation sites is 1. The number of carbonyl (C=O) groups excluding carboxylic acids is 3. The number of anilines is 1. The molecule has 7 nitrogen and oxygen atoms in total. The molecule has 1 spiro atoms. The van der Waals surface area contributed by atoms with E-state index in [0.717, 1.165) is 0 Å². The Labute approximate surface area is 180 Å². The number of halogens is 1. The molecule has 2 fully saturated rings. The number of benzene rings is 2. The van der Waals surface area contributed by atoms with Gasteiger partial charge in [-0.25, -0.2) is 4.79 Å². The van der Waals surface area contributed by atoms with Crippen LogP contribution in [0.25, 0.3) is 0 Å². The minimum Gasteiger partial charge on any atom is -0.355 e. The molecule has 4 rings (SSSR count). The molecule has 0 saturated carbocycles. The molecular formula is C22H23ClN4O3. The molecule has 4 amide bonds. The van der Waals surface area contributed by atoms with E-state index >= 15 is 0 Å². The molecule has 156 valence electrons. The summed E-state index contributed by atoms with van der Waals surface area (Å²) in [5, 5.41) is 6.26. The second kappa shape index (κ2) is 8.36. The van der Waals surface area contributed by atoms with E-state index in [9.17, 15) is 14.4 Å². The highest BCUT2D eigenvalue weighted by molar-refractivity contribution is 6.30. The van der Waals surface area contributed by atoms with Gasteiger partial charge in [0, 0.05) is 60.8 Å². The predicted molar refractivity (Wildman–Crippen MR) is 114 cm³/mol. The van der Waals surface area contributed by atoms with Crippen molar-refractivity contribution in [1.82, 2.24) is 15.1 Å². The first-order valence-electron chi connectivity index (χ1n) is 9.87. The van der Waals surface area contributed by atoms with E-state index in [0.29, 0.717) is 49.0 Å². The van der Waals surface area contributed by atoms with E-state index < -0.39 is 5.41 Å². The highest BCUT2D eigenvalue weighted by Crippen LogP contribution is 2.32. The van der Waals surface area contributed by atoms with Crippen molar-refractivity contribution in [3.05, 3.63) is 65.2 Å². The second-order valence-electron chi connectivity index (χ2n) is 7.91. The molecule has 8 heteroatoms. The van der Waals surface area contributed by atoms with Crippen molar-refractivity contribution in [2.75, 3.05) is 38.0 Å². The largest absolute Gasteiger partial charge is 0.355 e. The van der Waals surface area contributed by atoms with Gasteiger partial charge in [-0.05, 0) is 30.3 Å². The number of carbonyl (C=O) groups is 3. The van der Waals surface area contributed by atoms with Crippen LogP contribution in [0.3, 0.4) is 0 Å². The molecule has 2 aliphatic rings. The van der Waals surface area contributed by atoms with Crippen LogP contribution in [0.2, 0.25) is 5.02 Å². The average Bonchev–Trinajstić information content (AvgIpc) is 2.98. The first-order chi connectivity index (χ1) is 14.4. The highest BCUT2D eigenvalue weighted by Gasteiger charge is 2.45. The summed E-state index contributed by atoms with van der Waals surface area (Å²) in [5.41, 5.74) is 0.681. The van der Waals surface area contributed by atoms with Crippen molar-refractivity contribution in [1.29, 1.82) is 0 Å². The fourth-order valence-electron chi connectivity index (χ4n) is 4.11. The summed E-state index contributed by atoms with van der Waals surface area (Å²) in [7, 11) is 0. The van der Waals surface area contributed by atoms with Crippen LogP contribution in [0.15, 0.2) is 54.6 Å². The number of urea groups is 1. The van der Waals surface area contributed by atoms with Gasteiger partial charge >= 0.3 is 6.03 Å². The molecular weight excluding hydrogens is 404 g/mol. The normalized spacial score (nSPS) is 21.3. The van der Waals surface area contributed by atoms with Crippen molar-refractivity contribution < 1.29 is 14.4 Å². The van der Waals surface area contributed by atoms with Crippen LogP contribution in [-0.2, 0) is 4.79 Å². The molecule has 2 aromatic carbocycles. The number of hydrogen-bond donors (Lipinski definition) is 2. The van der Waals surface area contributed by atoms with Gasteiger partial charge < -0.3 is 20.4 Å². The fraction of sp³-hybridized carbons (Fsp3) is 0.318. The SMILES string of the molecule is O=C1C[C@@]2(CN1)CN(C(=O)Nc1ccccc1)CCN(C(=O)c1cccc(Cl)c1)C2. The van der Waals surface area contributed by atoms with E-state index in [4.69, 9.17) is 11.6 Å². The molecule has 2 saturated heterocycles. The van der Waals surface area contributed by atoms with Gasteiger partial charge in [0.15, 0.2) is 0 Å². The van der Waals surface area contributed by atoms with E-state index in [1.165, 1.54) is 0 Å². The van der Waals surface area contributed by atoms with Crippen LogP contribution in [-0.4, -0.2) is 60.4 Å². The van der Waals surface area contributed by atoms with Gasteiger partial charge in [0.25, 0.3) is 5.91 Å². The second-order valence-corrected chi connectivity index (χ2v) is 8.34. The lowest BCUT2D eigenvalue weighted by molar-refractivity contribution is -0.119. The molecule has 2 aromatic rings. The topological polar surface area (TPSA) is 81.8 Å². The third-order valence-electron chi connectivity index (χ3n) is 5.56. The van der Waals surface area contributed by atoms with Crippen molar-refractivity contribution in [3.63, 3.8) is 0 Å². The minimum atomic E-state index is -0.518. The Balaban J connectivity index is 1.56. The van der Waals surface area contributed by atoms with Crippen LogP contribution in [0, 0.1) is 5.41 Å². The number of hydrogen-bond acceptors (Lipinski definition) is 3. The van der Waals surface area contributed by atoms with E-state index in [1.54, 1.807) is 34.1 Å². The molecule has 0 bridgehead atoms. The van der Waals surface area contributed by atoms with Gasteiger partial charge in [0.05, 0.1) is 0 Å². The molecule has 2 heterocycles. The van der Waals surface area contributed by atoms with Gasteiger partial charge in [-0.3, -0.25) is 9.59 Å². The highest BCUT2D eigenvalue weighted by atomic mass is 35.5. The van der Waals surface area contributed by atoms with Crippen LogP contribution in [0.1, 0.15) is 16.8 Å². The molecule has 0 aromatic heterocycles. The van der Waals surface area contributed by atoms with Gasteiger partial charge in [-0.2, -0.15) is 0 Å². The maximum absolute atomic E-state index is 13.1. The van der Waals surface area contributed by atoms with Gasteiger partial charge in [0.2, 0.25) is 5.91 Å². The lowest BCUT2D eigenvalue weighted by atomic mass is 9.86. The van der Waals surface area contributed by atoms with E-state index in [1.807, 2.05) is 30.3 Å². The monoisotopic (exact) mass is 426 g/mol. The third-order valence-corrected chi connectivity index (χ3v) is 5.79. The Bertz CT molecular complexity index is 968. The molecule has 2 N–H and O–H groups in total. The molecule has 2 aliphatic heterocycles. The summed E-state index contributed by atoms with van der Waals surface area (Å²) < 4.78 is 0. The molecule has 30 heavy (non-hydrogen) atoms. The van der Waals surface area contributed by atoms with Gasteiger partial charge in [0.1, 0.15) is 0 Å². The summed E-state index contributed by atoms with van der Waals surface area (Å²) in [5.74, 6) is -0.211. The van der Waals surface area contributed by atoms with Crippen molar-refractivity contribution in [2.45, 2.75) is 6.42 Å². The molecule has 0 radical (unpaired) electrons. The Morgan fingerprint density at radius 3 is 2.43 bits per heavy atom. The fourth-order valence-corrected chi connectivity index (χ4v) is 4.30. The Kier molecular flexibility index (Phi) is 5.63. The number of rotatable bonds is 2. The smallest absolute Gasteiger partial charge is 0.321 e. The quantitative estimate of drug-likeness (QED) is 0.774. The number of nitrogens with one attached hydrogen (secondary N) is 2. The standard InChI is InChI=1S/C22H23ClN4O3/c23-17-6-4-5-16(11-17)20(29)26-9-10-27(15-22(14-26)12-19(28)24-13-22)21(30)25-18-7-2-1-3-8-18/h1-8,11H,9-10,12-15H2,(H,24,28)(H,25,30)/t22-/m0/s1. The van der Waals surface area contributed by atoms with Crippen LogP contribution >= 0.6 is 11.6 Å². The Hall–Kier alpha value is -3.06. The molecule has 0 unspecified atom stereocenters.